The number of rotatable bonds is 2. The van der Waals surface area contributed by atoms with Crippen molar-refractivity contribution in [2.24, 2.45) is 0 Å². The Balaban J connectivity index is 1.79. The first-order chi connectivity index (χ1) is 10.2. The lowest BCUT2D eigenvalue weighted by Crippen LogP contribution is -2.51. The van der Waals surface area contributed by atoms with Crippen LogP contribution in [0.3, 0.4) is 0 Å². The van der Waals surface area contributed by atoms with Gasteiger partial charge < -0.3 is 9.64 Å². The molecule has 1 amide bonds. The standard InChI is InChI=1S/C17H22ClNO2/c1-12-10-19(11-14(9-18)21-12)17(20)16-8-4-6-13-5-2-3-7-15(13)16/h2-3,5,7,12,14,16H,4,6,8-11H2,1H3. The molecule has 3 rings (SSSR count). The number of nitrogens with zero attached hydrogens (tertiary/aromatic N) is 1. The fraction of sp³-hybridized carbons (Fsp3) is 0.588. The number of morpholine rings is 1. The zero-order valence-corrected chi connectivity index (χ0v) is 13.2. The third-order valence-corrected chi connectivity index (χ3v) is 4.82. The molecular formula is C17H22ClNO2. The predicted molar refractivity (Wildman–Crippen MR) is 83.8 cm³/mol. The molecule has 0 radical (unpaired) electrons. The van der Waals surface area contributed by atoms with Crippen LogP contribution in [0.5, 0.6) is 0 Å². The second-order valence-corrected chi connectivity index (χ2v) is 6.42. The van der Waals surface area contributed by atoms with Crippen molar-refractivity contribution in [3.05, 3.63) is 35.4 Å². The summed E-state index contributed by atoms with van der Waals surface area (Å²) in [5.74, 6) is 0.693. The molecule has 1 aliphatic heterocycles. The van der Waals surface area contributed by atoms with E-state index in [0.29, 0.717) is 19.0 Å². The lowest BCUT2D eigenvalue weighted by atomic mass is 9.82. The highest BCUT2D eigenvalue weighted by molar-refractivity contribution is 6.18. The summed E-state index contributed by atoms with van der Waals surface area (Å²) in [5.41, 5.74) is 2.55. The highest BCUT2D eigenvalue weighted by atomic mass is 35.5. The van der Waals surface area contributed by atoms with Gasteiger partial charge in [0, 0.05) is 13.1 Å². The maximum absolute atomic E-state index is 13.0. The summed E-state index contributed by atoms with van der Waals surface area (Å²) in [7, 11) is 0. The van der Waals surface area contributed by atoms with Crippen molar-refractivity contribution in [2.75, 3.05) is 19.0 Å². The van der Waals surface area contributed by atoms with Crippen molar-refractivity contribution in [1.82, 2.24) is 4.90 Å². The van der Waals surface area contributed by atoms with Gasteiger partial charge in [-0.15, -0.1) is 11.6 Å². The quantitative estimate of drug-likeness (QED) is 0.786. The Kier molecular flexibility index (Phi) is 4.51. The highest BCUT2D eigenvalue weighted by Gasteiger charge is 2.34. The average Bonchev–Trinajstić information content (AvgIpc) is 2.53. The molecule has 1 fully saturated rings. The molecule has 21 heavy (non-hydrogen) atoms. The summed E-state index contributed by atoms with van der Waals surface area (Å²) in [6, 6.07) is 8.36. The van der Waals surface area contributed by atoms with Gasteiger partial charge in [0.1, 0.15) is 0 Å². The van der Waals surface area contributed by atoms with Gasteiger partial charge in [-0.2, -0.15) is 0 Å². The van der Waals surface area contributed by atoms with E-state index in [1.807, 2.05) is 17.9 Å². The van der Waals surface area contributed by atoms with Crippen LogP contribution < -0.4 is 0 Å². The van der Waals surface area contributed by atoms with E-state index in [4.69, 9.17) is 16.3 Å². The number of halogens is 1. The van der Waals surface area contributed by atoms with Crippen LogP contribution in [-0.2, 0) is 16.0 Å². The lowest BCUT2D eigenvalue weighted by molar-refractivity contribution is -0.144. The SMILES string of the molecule is CC1CN(C(=O)C2CCCc3ccccc32)CC(CCl)O1. The second-order valence-electron chi connectivity index (χ2n) is 6.11. The van der Waals surface area contributed by atoms with E-state index < -0.39 is 0 Å². The molecule has 1 aromatic carbocycles. The molecule has 114 valence electrons. The van der Waals surface area contributed by atoms with Crippen molar-refractivity contribution >= 4 is 17.5 Å². The van der Waals surface area contributed by atoms with E-state index in [1.165, 1.54) is 11.1 Å². The molecule has 0 aromatic heterocycles. The molecule has 0 spiro atoms. The topological polar surface area (TPSA) is 29.5 Å². The Morgan fingerprint density at radius 2 is 2.19 bits per heavy atom. The molecule has 1 heterocycles. The minimum atomic E-state index is -0.0433. The summed E-state index contributed by atoms with van der Waals surface area (Å²) in [6.07, 6.45) is 3.15. The number of alkyl halides is 1. The second kappa shape index (κ2) is 6.37. The van der Waals surface area contributed by atoms with Gasteiger partial charge in [0.25, 0.3) is 0 Å². The molecule has 0 saturated carbocycles. The van der Waals surface area contributed by atoms with E-state index >= 15 is 0 Å². The number of hydrogen-bond donors (Lipinski definition) is 0. The van der Waals surface area contributed by atoms with Gasteiger partial charge >= 0.3 is 0 Å². The number of hydrogen-bond acceptors (Lipinski definition) is 2. The zero-order valence-electron chi connectivity index (χ0n) is 12.4. The van der Waals surface area contributed by atoms with E-state index in [0.717, 1.165) is 19.3 Å². The summed E-state index contributed by atoms with van der Waals surface area (Å²) >= 11 is 5.92. The lowest BCUT2D eigenvalue weighted by Gasteiger charge is -2.38. The molecule has 0 bridgehead atoms. The molecule has 1 saturated heterocycles. The normalized spacial score (nSPS) is 29.0. The van der Waals surface area contributed by atoms with Crippen molar-refractivity contribution < 1.29 is 9.53 Å². The summed E-state index contributed by atoms with van der Waals surface area (Å²) in [5, 5.41) is 0. The Hall–Kier alpha value is -1.06. The first-order valence-electron chi connectivity index (χ1n) is 7.77. The van der Waals surface area contributed by atoms with Gasteiger partial charge in [-0.1, -0.05) is 24.3 Å². The number of carbonyl (C=O) groups is 1. The van der Waals surface area contributed by atoms with E-state index in [2.05, 4.69) is 18.2 Å². The number of carbonyl (C=O) groups excluding carboxylic acids is 1. The third kappa shape index (κ3) is 3.09. The molecule has 0 N–H and O–H groups in total. The number of benzene rings is 1. The molecule has 1 aliphatic carbocycles. The van der Waals surface area contributed by atoms with E-state index in [9.17, 15) is 4.79 Å². The maximum atomic E-state index is 13.0. The minimum Gasteiger partial charge on any atom is -0.370 e. The molecule has 3 unspecified atom stereocenters. The smallest absolute Gasteiger partial charge is 0.230 e. The number of aryl methyl sites for hydroxylation is 1. The maximum Gasteiger partial charge on any atom is 0.230 e. The summed E-state index contributed by atoms with van der Waals surface area (Å²) in [6.45, 7) is 3.30. The zero-order chi connectivity index (χ0) is 14.8. The van der Waals surface area contributed by atoms with Gasteiger partial charge in [0.05, 0.1) is 24.0 Å². The Morgan fingerprint density at radius 1 is 1.38 bits per heavy atom. The van der Waals surface area contributed by atoms with Crippen LogP contribution in [0, 0.1) is 0 Å². The molecule has 3 nitrogen and oxygen atoms in total. The average molecular weight is 308 g/mol. The Morgan fingerprint density at radius 3 is 3.00 bits per heavy atom. The monoisotopic (exact) mass is 307 g/mol. The molecule has 4 heteroatoms. The van der Waals surface area contributed by atoms with Gasteiger partial charge in [-0.05, 0) is 37.3 Å². The van der Waals surface area contributed by atoms with Crippen molar-refractivity contribution in [1.29, 1.82) is 0 Å². The molecule has 3 atom stereocenters. The highest BCUT2D eigenvalue weighted by Crippen LogP contribution is 2.33. The fourth-order valence-electron chi connectivity index (χ4n) is 3.54. The van der Waals surface area contributed by atoms with Gasteiger partial charge in [0.15, 0.2) is 0 Å². The molecule has 1 aromatic rings. The number of ether oxygens (including phenoxy) is 1. The fourth-order valence-corrected chi connectivity index (χ4v) is 3.71. The first-order valence-corrected chi connectivity index (χ1v) is 8.30. The van der Waals surface area contributed by atoms with E-state index in [1.54, 1.807) is 0 Å². The van der Waals surface area contributed by atoms with Crippen LogP contribution >= 0.6 is 11.6 Å². The number of fused-ring (bicyclic) bond motifs is 1. The van der Waals surface area contributed by atoms with Crippen LogP contribution in [0.2, 0.25) is 0 Å². The first kappa shape index (κ1) is 14.9. The van der Waals surface area contributed by atoms with E-state index in [-0.39, 0.29) is 24.0 Å². The van der Waals surface area contributed by atoms with Crippen LogP contribution in [0.4, 0.5) is 0 Å². The van der Waals surface area contributed by atoms with Crippen molar-refractivity contribution in [3.63, 3.8) is 0 Å². The number of amides is 1. The Bertz CT molecular complexity index is 519. The van der Waals surface area contributed by atoms with Crippen molar-refractivity contribution in [3.8, 4) is 0 Å². The van der Waals surface area contributed by atoms with Gasteiger partial charge in [0.2, 0.25) is 5.91 Å². The Labute approximate surface area is 131 Å². The largest absolute Gasteiger partial charge is 0.370 e. The van der Waals surface area contributed by atoms with Crippen molar-refractivity contribution in [2.45, 2.75) is 44.3 Å². The van der Waals surface area contributed by atoms with Crippen LogP contribution in [0.25, 0.3) is 0 Å². The van der Waals surface area contributed by atoms with Gasteiger partial charge in [-0.3, -0.25) is 4.79 Å². The predicted octanol–water partition coefficient (Wildman–Crippen LogP) is 2.96. The summed E-state index contributed by atoms with van der Waals surface area (Å²) in [4.78, 5) is 14.9. The van der Waals surface area contributed by atoms with Crippen LogP contribution in [0.15, 0.2) is 24.3 Å². The molecular weight excluding hydrogens is 286 g/mol. The molecule has 2 aliphatic rings. The van der Waals surface area contributed by atoms with Crippen LogP contribution in [-0.4, -0.2) is 42.0 Å². The summed E-state index contributed by atoms with van der Waals surface area (Å²) < 4.78 is 5.75. The third-order valence-electron chi connectivity index (χ3n) is 4.48. The van der Waals surface area contributed by atoms with Crippen LogP contribution in [0.1, 0.15) is 36.8 Å². The minimum absolute atomic E-state index is 0.0104. The van der Waals surface area contributed by atoms with Gasteiger partial charge in [-0.25, -0.2) is 0 Å².